The lowest BCUT2D eigenvalue weighted by atomic mass is 10.1. The molecular weight excluding hydrogens is 1070 g/mol. The zero-order valence-corrected chi connectivity index (χ0v) is 48.1. The molecule has 19 nitrogen and oxygen atoms in total. The molecule has 10 rings (SSSR count). The van der Waals surface area contributed by atoms with Gasteiger partial charge >= 0.3 is 0 Å². The van der Waals surface area contributed by atoms with Crippen LogP contribution in [0.15, 0.2) is 161 Å². The van der Waals surface area contributed by atoms with Gasteiger partial charge in [-0.15, -0.1) is 35.3 Å². The second kappa shape index (κ2) is 27.6. The first-order chi connectivity index (χ1) is 38.7. The van der Waals surface area contributed by atoms with Crippen LogP contribution in [0.3, 0.4) is 0 Å². The molecule has 9 aromatic rings. The first-order valence-electron chi connectivity index (χ1n) is 25.8. The Bertz CT molecular complexity index is 3700. The van der Waals surface area contributed by atoms with Gasteiger partial charge in [-0.3, -0.25) is 29.7 Å². The van der Waals surface area contributed by atoms with Crippen LogP contribution in [-0.4, -0.2) is 84.8 Å². The minimum Gasteiger partial charge on any atom is -0.498 e. The lowest BCUT2D eigenvalue weighted by Gasteiger charge is -2.08. The fourth-order valence-corrected chi connectivity index (χ4v) is 11.3. The molecule has 3 aromatic carbocycles. The zero-order chi connectivity index (χ0) is 56.6. The number of benzene rings is 3. The Hall–Kier alpha value is -8.21. The van der Waals surface area contributed by atoms with E-state index in [2.05, 4.69) is 116 Å². The van der Waals surface area contributed by atoms with Crippen LogP contribution in [0.5, 0.6) is 0 Å². The maximum absolute atomic E-state index is 12.8. The highest BCUT2D eigenvalue weighted by Crippen LogP contribution is 2.59. The van der Waals surface area contributed by atoms with Crippen molar-refractivity contribution < 1.29 is 19.1 Å². The smallest absolute Gasteiger partial charge is 0.251 e. The van der Waals surface area contributed by atoms with Crippen molar-refractivity contribution >= 4 is 103 Å². The summed E-state index contributed by atoms with van der Waals surface area (Å²) in [5, 5.41) is 34.8. The lowest BCUT2D eigenvalue weighted by Crippen LogP contribution is -2.16. The van der Waals surface area contributed by atoms with E-state index >= 15 is 0 Å². The summed E-state index contributed by atoms with van der Waals surface area (Å²) < 4.78 is 5.27. The highest BCUT2D eigenvalue weighted by atomic mass is 32.2. The van der Waals surface area contributed by atoms with E-state index < -0.39 is 0 Å². The van der Waals surface area contributed by atoms with Gasteiger partial charge in [0.05, 0.1) is 53.0 Å². The molecule has 0 bridgehead atoms. The Morgan fingerprint density at radius 3 is 1.48 bits per heavy atom. The molecule has 80 heavy (non-hydrogen) atoms. The fourth-order valence-electron chi connectivity index (χ4n) is 8.57. The second-order valence-electron chi connectivity index (χ2n) is 19.4. The number of amides is 3. The molecule has 0 saturated heterocycles. The van der Waals surface area contributed by atoms with Crippen molar-refractivity contribution in [2.75, 3.05) is 22.6 Å². The van der Waals surface area contributed by atoms with Crippen LogP contribution in [0.4, 0.5) is 17.1 Å². The predicted molar refractivity (Wildman–Crippen MR) is 319 cm³/mol. The zero-order valence-electron chi connectivity index (χ0n) is 45.7. The van der Waals surface area contributed by atoms with Crippen LogP contribution in [0.1, 0.15) is 78.5 Å². The van der Waals surface area contributed by atoms with Gasteiger partial charge in [-0.2, -0.15) is 15.3 Å². The Kier molecular flexibility index (Phi) is 20.0. The standard InChI is InChI=1S/C22H25N5OS.C18H19N5O2S.C18H19N5OS/c1-13(2)8-17-18(22(17,3)4)20(28)26-15-7-5-6-14(9-15)11-29-21-16-10-25-27-19(16)23-12-24-21;1-3-25-12(2)7-16(24)22-14-6-4-5-13(8-14)10-26-18-15-9-21-23-17(15)19-11-20-18;1-3-5-12(2)17(24)22-14-7-4-6-13(8-14)10-25-18-15-9-21-23-16(15)19-11-20-18/h5-10,12,17-18H,11H2,1-4H3,(H,26,28)(H,23,24,25,27);4-9,11H,3,10H2,1-2H3,(H,22,24)(H,19,20,21,23);4-9,11H,3,10H2,1-2H3,(H,22,24)(H,19,20,21,23)/b;12-7+;12-5+. The summed E-state index contributed by atoms with van der Waals surface area (Å²) in [4.78, 5) is 62.4. The Morgan fingerprint density at radius 1 is 0.613 bits per heavy atom. The molecule has 412 valence electrons. The van der Waals surface area contributed by atoms with Gasteiger partial charge in [-0.1, -0.05) is 74.9 Å². The Labute approximate surface area is 476 Å². The first kappa shape index (κ1) is 58.0. The molecule has 2 atom stereocenters. The van der Waals surface area contributed by atoms with E-state index in [1.165, 1.54) is 24.3 Å². The van der Waals surface area contributed by atoms with Crippen molar-refractivity contribution in [3.63, 3.8) is 0 Å². The minimum absolute atomic E-state index is 0.0117. The van der Waals surface area contributed by atoms with E-state index in [4.69, 9.17) is 4.74 Å². The number of ether oxygens (including phenoxy) is 1. The van der Waals surface area contributed by atoms with Crippen LogP contribution >= 0.6 is 35.3 Å². The molecule has 0 aliphatic heterocycles. The number of allylic oxidation sites excluding steroid dienone is 4. The number of aromatic nitrogens is 12. The predicted octanol–water partition coefficient (Wildman–Crippen LogP) is 12.3. The van der Waals surface area contributed by atoms with Crippen LogP contribution < -0.4 is 16.0 Å². The number of H-pyrrole nitrogens is 3. The third kappa shape index (κ3) is 15.8. The van der Waals surface area contributed by atoms with Gasteiger partial charge in [-0.25, -0.2) is 29.9 Å². The fraction of sp³-hybridized carbons (Fsp3) is 0.276. The number of rotatable bonds is 19. The minimum atomic E-state index is -0.211. The average Bonchev–Trinajstić information content (AvgIpc) is 4.13. The summed E-state index contributed by atoms with van der Waals surface area (Å²) in [6.07, 6.45) is 16.2. The molecule has 6 N–H and O–H groups in total. The van der Waals surface area contributed by atoms with Gasteiger partial charge in [0, 0.05) is 46.0 Å². The molecule has 22 heteroatoms. The summed E-state index contributed by atoms with van der Waals surface area (Å²) in [6.45, 7) is 16.5. The molecule has 3 amide bonds. The van der Waals surface area contributed by atoms with E-state index in [9.17, 15) is 14.4 Å². The van der Waals surface area contributed by atoms with Crippen LogP contribution in [0, 0.1) is 17.3 Å². The highest BCUT2D eigenvalue weighted by molar-refractivity contribution is 7.99. The summed E-state index contributed by atoms with van der Waals surface area (Å²) in [5.41, 5.74) is 9.87. The number of nitrogens with zero attached hydrogens (tertiary/aromatic N) is 9. The van der Waals surface area contributed by atoms with Crippen molar-refractivity contribution in [1.82, 2.24) is 60.5 Å². The SMILES string of the molecule is CC(C)=CC1C(C(=O)Nc2cccc(CSc3ncnc4[nH]ncc34)c2)C1(C)C.CC/C=C(\C)C(=O)Nc1cccc(CSc2ncnc3[nH]ncc23)c1.CCO/C(C)=C/C(=O)Nc1cccc(CSc2ncnc3[nH]ncc23)c1. The lowest BCUT2D eigenvalue weighted by molar-refractivity contribution is -0.118. The van der Waals surface area contributed by atoms with Crippen LogP contribution in [0.25, 0.3) is 33.1 Å². The number of carbonyl (C=O) groups is 3. The summed E-state index contributed by atoms with van der Waals surface area (Å²) in [6, 6.07) is 23.6. The molecule has 1 saturated carbocycles. The third-order valence-electron chi connectivity index (χ3n) is 12.6. The molecular formula is C58H63N15O4S3. The average molecular weight is 1130 g/mol. The van der Waals surface area contributed by atoms with E-state index in [1.54, 1.807) is 67.1 Å². The van der Waals surface area contributed by atoms with Gasteiger partial charge in [0.2, 0.25) is 5.91 Å². The molecule has 1 aliphatic carbocycles. The van der Waals surface area contributed by atoms with E-state index in [1.807, 2.05) is 93.6 Å². The van der Waals surface area contributed by atoms with Gasteiger partial charge in [0.15, 0.2) is 16.9 Å². The van der Waals surface area contributed by atoms with Crippen LogP contribution in [0.2, 0.25) is 0 Å². The van der Waals surface area contributed by atoms with Crippen molar-refractivity contribution in [2.45, 2.75) is 94.1 Å². The van der Waals surface area contributed by atoms with Crippen molar-refractivity contribution in [1.29, 1.82) is 0 Å². The number of hydrogen-bond donors (Lipinski definition) is 6. The largest absolute Gasteiger partial charge is 0.498 e. The molecule has 6 heterocycles. The molecule has 0 spiro atoms. The number of nitrogens with one attached hydrogen (secondary N) is 6. The molecule has 6 aromatic heterocycles. The Balaban J connectivity index is 0.000000158. The maximum Gasteiger partial charge on any atom is 0.251 e. The third-order valence-corrected chi connectivity index (χ3v) is 15.8. The summed E-state index contributed by atoms with van der Waals surface area (Å²) >= 11 is 4.84. The molecule has 0 radical (unpaired) electrons. The molecule has 1 aliphatic rings. The Morgan fingerprint density at radius 2 is 1.05 bits per heavy atom. The number of carbonyl (C=O) groups excluding carboxylic acids is 3. The summed E-state index contributed by atoms with van der Waals surface area (Å²) in [7, 11) is 0. The number of aromatic amines is 3. The molecule has 2 unspecified atom stereocenters. The number of hydrogen-bond acceptors (Lipinski definition) is 16. The topological polar surface area (TPSA) is 260 Å². The first-order valence-corrected chi connectivity index (χ1v) is 28.8. The van der Waals surface area contributed by atoms with Crippen molar-refractivity contribution in [3.8, 4) is 0 Å². The number of fused-ring (bicyclic) bond motifs is 3. The molecule has 1 fully saturated rings. The monoisotopic (exact) mass is 1130 g/mol. The maximum atomic E-state index is 12.8. The van der Waals surface area contributed by atoms with Crippen molar-refractivity contribution in [2.24, 2.45) is 17.3 Å². The van der Waals surface area contributed by atoms with E-state index in [-0.39, 0.29) is 29.1 Å². The second-order valence-corrected chi connectivity index (χ2v) is 22.3. The van der Waals surface area contributed by atoms with Crippen LogP contribution in [-0.2, 0) is 36.4 Å². The highest BCUT2D eigenvalue weighted by Gasteiger charge is 2.60. The van der Waals surface area contributed by atoms with E-state index in [0.717, 1.165) is 111 Å². The number of anilines is 3. The van der Waals surface area contributed by atoms with Gasteiger partial charge < -0.3 is 20.7 Å². The van der Waals surface area contributed by atoms with Gasteiger partial charge in [0.25, 0.3) is 11.8 Å². The quantitative estimate of drug-likeness (QED) is 0.0145. The van der Waals surface area contributed by atoms with Gasteiger partial charge in [-0.05, 0) is 105 Å². The normalized spacial score (nSPS) is 14.6. The van der Waals surface area contributed by atoms with Crippen molar-refractivity contribution in [3.05, 3.63) is 162 Å². The van der Waals surface area contributed by atoms with Gasteiger partial charge in [0.1, 0.15) is 34.1 Å². The van der Waals surface area contributed by atoms with E-state index in [0.29, 0.717) is 18.3 Å². The number of thioether (sulfide) groups is 3. The summed E-state index contributed by atoms with van der Waals surface area (Å²) in [5.74, 6) is 2.94.